The van der Waals surface area contributed by atoms with Gasteiger partial charge in [0.2, 0.25) is 12.2 Å². The number of hydrogen-bond donors (Lipinski definition) is 2. The monoisotopic (exact) mass is 539 g/mol. The van der Waals surface area contributed by atoms with Crippen molar-refractivity contribution in [3.8, 4) is 11.5 Å². The third kappa shape index (κ3) is 7.16. The number of ether oxygens (including phenoxy) is 3. The molecule has 9 nitrogen and oxygen atoms in total. The number of aliphatic carboxylic acids is 1. The molecule has 0 saturated heterocycles. The van der Waals surface area contributed by atoms with E-state index in [1.54, 1.807) is 32.9 Å². The highest BCUT2D eigenvalue weighted by atomic mass is 16.7. The summed E-state index contributed by atoms with van der Waals surface area (Å²) in [7, 11) is 0. The van der Waals surface area contributed by atoms with Crippen molar-refractivity contribution in [3.05, 3.63) is 60.2 Å². The first-order valence-electron chi connectivity index (χ1n) is 13.1. The second-order valence-corrected chi connectivity index (χ2v) is 10.9. The fourth-order valence-electron chi connectivity index (χ4n) is 4.80. The van der Waals surface area contributed by atoms with Gasteiger partial charge in [0.25, 0.3) is 0 Å². The summed E-state index contributed by atoms with van der Waals surface area (Å²) < 4.78 is 16.2. The lowest BCUT2D eigenvalue weighted by Crippen LogP contribution is -2.62. The van der Waals surface area contributed by atoms with E-state index in [1.165, 1.54) is 6.92 Å². The zero-order valence-electron chi connectivity index (χ0n) is 23.1. The summed E-state index contributed by atoms with van der Waals surface area (Å²) in [6.45, 7) is 8.46. The highest BCUT2D eigenvalue weighted by Gasteiger charge is 2.64. The topological polar surface area (TPSA) is 128 Å². The van der Waals surface area contributed by atoms with Crippen LogP contribution in [0.25, 0.3) is 0 Å². The molecule has 1 saturated carbocycles. The summed E-state index contributed by atoms with van der Waals surface area (Å²) in [5.41, 5.74) is -1.22. The Morgan fingerprint density at radius 3 is 2.18 bits per heavy atom. The molecule has 39 heavy (non-hydrogen) atoms. The molecule has 0 spiro atoms. The van der Waals surface area contributed by atoms with Crippen LogP contribution in [0.3, 0.4) is 0 Å². The zero-order chi connectivity index (χ0) is 28.8. The van der Waals surface area contributed by atoms with E-state index < -0.39 is 52.8 Å². The van der Waals surface area contributed by atoms with Gasteiger partial charge in [0.05, 0.1) is 22.7 Å². The van der Waals surface area contributed by atoms with Gasteiger partial charge in [-0.2, -0.15) is 0 Å². The number of carboxylic acid groups (broad SMARTS) is 1. The summed E-state index contributed by atoms with van der Waals surface area (Å²) >= 11 is 0. The van der Waals surface area contributed by atoms with Gasteiger partial charge in [0.15, 0.2) is 0 Å². The lowest BCUT2D eigenvalue weighted by Gasteiger charge is -2.50. The summed E-state index contributed by atoms with van der Waals surface area (Å²) in [6, 6.07) is 16.6. The molecule has 210 valence electrons. The Balaban J connectivity index is 1.63. The predicted octanol–water partition coefficient (Wildman–Crippen LogP) is 5.08. The molecule has 1 fully saturated rings. The third-order valence-corrected chi connectivity index (χ3v) is 6.82. The minimum absolute atomic E-state index is 0.0340. The van der Waals surface area contributed by atoms with Gasteiger partial charge in [-0.15, -0.1) is 0 Å². The van der Waals surface area contributed by atoms with Crippen LogP contribution in [0.1, 0.15) is 59.4 Å². The van der Waals surface area contributed by atoms with Crippen molar-refractivity contribution in [1.29, 1.82) is 0 Å². The first-order valence-corrected chi connectivity index (χ1v) is 13.1. The lowest BCUT2D eigenvalue weighted by molar-refractivity contribution is -0.206. The fourth-order valence-corrected chi connectivity index (χ4v) is 4.80. The van der Waals surface area contributed by atoms with Crippen LogP contribution in [0.5, 0.6) is 11.5 Å². The van der Waals surface area contributed by atoms with Gasteiger partial charge in [-0.3, -0.25) is 19.2 Å². The zero-order valence-corrected chi connectivity index (χ0v) is 23.1. The van der Waals surface area contributed by atoms with Crippen molar-refractivity contribution >= 4 is 23.8 Å². The number of para-hydroxylation sites is 1. The molecule has 2 N–H and O–H groups in total. The molecule has 0 radical (unpaired) electrons. The maximum Gasteiger partial charge on any atom is 0.314 e. The number of rotatable bonds is 11. The molecule has 2 aromatic rings. The predicted molar refractivity (Wildman–Crippen MR) is 142 cm³/mol. The van der Waals surface area contributed by atoms with Crippen LogP contribution in [0.4, 0.5) is 0 Å². The fraction of sp³-hybridized carbons (Fsp3) is 0.467. The van der Waals surface area contributed by atoms with Crippen LogP contribution in [0, 0.1) is 22.7 Å². The first-order chi connectivity index (χ1) is 18.4. The van der Waals surface area contributed by atoms with Crippen LogP contribution in [-0.4, -0.2) is 35.2 Å². The molecule has 1 aliphatic rings. The molecule has 9 heteroatoms. The number of hydrogen-bond acceptors (Lipinski definition) is 7. The molecule has 2 aromatic carbocycles. The Bertz CT molecular complexity index is 1170. The van der Waals surface area contributed by atoms with Crippen molar-refractivity contribution in [2.45, 2.75) is 66.7 Å². The Kier molecular flexibility index (Phi) is 9.37. The Morgan fingerprint density at radius 2 is 1.62 bits per heavy atom. The number of carbonyl (C=O) groups is 4. The third-order valence-electron chi connectivity index (χ3n) is 6.82. The molecular formula is C30H37NO8. The van der Waals surface area contributed by atoms with Crippen LogP contribution >= 0.6 is 0 Å². The number of nitrogens with one attached hydrogen (secondary N) is 1. The quantitative estimate of drug-likeness (QED) is 0.299. The van der Waals surface area contributed by atoms with Crippen LogP contribution in [0.15, 0.2) is 54.6 Å². The molecule has 0 bridgehead atoms. The Hall–Kier alpha value is -3.88. The number of benzene rings is 2. The van der Waals surface area contributed by atoms with Crippen molar-refractivity contribution in [2.24, 2.45) is 22.7 Å². The average molecular weight is 540 g/mol. The SMILES string of the molecule is CCCC1(C(=O)NCc2ccc(Oc3ccccc3)cc2)CC(C(=O)OC(C)OC(=O)C(C)(C)C)C1C(=O)O. The molecule has 4 atom stereocenters. The number of amides is 1. The maximum absolute atomic E-state index is 13.4. The normalized spacial score (nSPS) is 21.2. The molecule has 0 aliphatic heterocycles. The van der Waals surface area contributed by atoms with E-state index in [4.69, 9.17) is 14.2 Å². The summed E-state index contributed by atoms with van der Waals surface area (Å²) in [5, 5.41) is 12.9. The Morgan fingerprint density at radius 1 is 1.00 bits per heavy atom. The highest BCUT2D eigenvalue weighted by Crippen LogP contribution is 2.55. The number of carbonyl (C=O) groups excluding carboxylic acids is 3. The van der Waals surface area contributed by atoms with Crippen LogP contribution in [-0.2, 0) is 35.2 Å². The van der Waals surface area contributed by atoms with E-state index >= 15 is 0 Å². The van der Waals surface area contributed by atoms with Crippen LogP contribution in [0.2, 0.25) is 0 Å². The molecule has 4 unspecified atom stereocenters. The second kappa shape index (κ2) is 12.3. The van der Waals surface area contributed by atoms with Crippen molar-refractivity contribution in [1.82, 2.24) is 5.32 Å². The molecule has 1 amide bonds. The minimum atomic E-state index is -1.25. The summed E-state index contributed by atoms with van der Waals surface area (Å²) in [6.07, 6.45) is -0.281. The minimum Gasteiger partial charge on any atom is -0.481 e. The molecule has 0 heterocycles. The number of carboxylic acids is 1. The van der Waals surface area contributed by atoms with Gasteiger partial charge >= 0.3 is 17.9 Å². The van der Waals surface area contributed by atoms with E-state index in [0.717, 1.165) is 5.56 Å². The van der Waals surface area contributed by atoms with E-state index in [-0.39, 0.29) is 13.0 Å². The van der Waals surface area contributed by atoms with Gasteiger partial charge in [0.1, 0.15) is 11.5 Å². The van der Waals surface area contributed by atoms with E-state index in [2.05, 4.69) is 5.32 Å². The molecular weight excluding hydrogens is 502 g/mol. The Labute approximate surface area is 228 Å². The molecule has 1 aliphatic carbocycles. The van der Waals surface area contributed by atoms with Gasteiger partial charge < -0.3 is 24.6 Å². The maximum atomic E-state index is 13.4. The van der Waals surface area contributed by atoms with E-state index in [1.807, 2.05) is 49.4 Å². The molecule has 0 aromatic heterocycles. The molecule has 3 rings (SSSR count). The van der Waals surface area contributed by atoms with Gasteiger partial charge in [0, 0.05) is 13.5 Å². The standard InChI is InChI=1S/C30H37NO8/c1-6-16-30(17-23(24(30)25(32)33)26(34)37-19(2)38-28(36)29(3,4)5)27(35)31-18-20-12-14-22(15-13-20)39-21-10-8-7-9-11-21/h7-15,19,23-24H,6,16-18H2,1-5H3,(H,31,35)(H,32,33). The van der Waals surface area contributed by atoms with Gasteiger partial charge in [-0.1, -0.05) is 43.7 Å². The average Bonchev–Trinajstić information content (AvgIpc) is 2.85. The van der Waals surface area contributed by atoms with Crippen molar-refractivity contribution < 1.29 is 38.5 Å². The smallest absolute Gasteiger partial charge is 0.314 e. The van der Waals surface area contributed by atoms with E-state index in [9.17, 15) is 24.3 Å². The summed E-state index contributed by atoms with van der Waals surface area (Å²) in [4.78, 5) is 50.5. The second-order valence-electron chi connectivity index (χ2n) is 10.9. The van der Waals surface area contributed by atoms with Crippen molar-refractivity contribution in [2.75, 3.05) is 0 Å². The first kappa shape index (κ1) is 29.7. The largest absolute Gasteiger partial charge is 0.481 e. The van der Waals surface area contributed by atoms with Gasteiger partial charge in [-0.25, -0.2) is 0 Å². The van der Waals surface area contributed by atoms with Crippen LogP contribution < -0.4 is 10.1 Å². The van der Waals surface area contributed by atoms with E-state index in [0.29, 0.717) is 24.3 Å². The summed E-state index contributed by atoms with van der Waals surface area (Å²) in [5.74, 6) is -3.93. The van der Waals surface area contributed by atoms with Gasteiger partial charge in [-0.05, 0) is 63.4 Å². The highest BCUT2D eigenvalue weighted by molar-refractivity contribution is 5.95. The lowest BCUT2D eigenvalue weighted by atomic mass is 9.51. The number of esters is 2. The van der Waals surface area contributed by atoms with Crippen molar-refractivity contribution in [3.63, 3.8) is 0 Å².